The van der Waals surface area contributed by atoms with Gasteiger partial charge in [0.2, 0.25) is 0 Å². The highest BCUT2D eigenvalue weighted by Crippen LogP contribution is 2.25. The molecule has 0 radical (unpaired) electrons. The van der Waals surface area contributed by atoms with Crippen molar-refractivity contribution >= 4 is 5.57 Å². The lowest BCUT2D eigenvalue weighted by atomic mass is 9.97. The van der Waals surface area contributed by atoms with Crippen LogP contribution >= 0.6 is 0 Å². The summed E-state index contributed by atoms with van der Waals surface area (Å²) in [5, 5.41) is 8.98. The van der Waals surface area contributed by atoms with Crippen LogP contribution in [-0.2, 0) is 6.61 Å². The number of allylic oxidation sites excluding steroid dienone is 2. The fourth-order valence-electron chi connectivity index (χ4n) is 1.82. The van der Waals surface area contributed by atoms with Gasteiger partial charge in [-0.25, -0.2) is 0 Å². The molecule has 0 unspecified atom stereocenters. The van der Waals surface area contributed by atoms with Crippen LogP contribution in [-0.4, -0.2) is 10.1 Å². The fraction of sp³-hybridized carbons (Fsp3) is 0.417. The molecule has 1 aromatic heterocycles. The average molecular weight is 189 g/mol. The molecule has 1 aliphatic rings. The number of rotatable bonds is 2. The van der Waals surface area contributed by atoms with Crippen LogP contribution in [0, 0.1) is 0 Å². The van der Waals surface area contributed by atoms with Crippen molar-refractivity contribution in [2.24, 2.45) is 0 Å². The first-order valence-electron chi connectivity index (χ1n) is 5.16. The molecule has 0 spiro atoms. The van der Waals surface area contributed by atoms with Crippen molar-refractivity contribution in [1.82, 2.24) is 4.98 Å². The predicted molar refractivity (Wildman–Crippen MR) is 56.6 cm³/mol. The summed E-state index contributed by atoms with van der Waals surface area (Å²) in [6, 6.07) is 5.84. The van der Waals surface area contributed by atoms with Crippen molar-refractivity contribution in [2.75, 3.05) is 0 Å². The molecule has 1 N–H and O–H groups in total. The quantitative estimate of drug-likeness (QED) is 0.775. The third-order valence-electron chi connectivity index (χ3n) is 2.59. The number of pyridine rings is 1. The summed E-state index contributed by atoms with van der Waals surface area (Å²) in [7, 11) is 0. The molecule has 0 aromatic carbocycles. The minimum atomic E-state index is 0.0289. The number of aromatic nitrogens is 1. The van der Waals surface area contributed by atoms with E-state index in [1.165, 1.54) is 24.8 Å². The molecule has 0 saturated carbocycles. The number of hydrogen-bond acceptors (Lipinski definition) is 2. The molecular formula is C12H15NO. The highest BCUT2D eigenvalue weighted by Gasteiger charge is 2.07. The Bertz CT molecular complexity index is 344. The Labute approximate surface area is 84.3 Å². The summed E-state index contributed by atoms with van der Waals surface area (Å²) < 4.78 is 0. The fourth-order valence-corrected chi connectivity index (χ4v) is 1.82. The van der Waals surface area contributed by atoms with Crippen molar-refractivity contribution < 1.29 is 5.11 Å². The zero-order valence-electron chi connectivity index (χ0n) is 8.24. The Morgan fingerprint density at radius 2 is 2.21 bits per heavy atom. The van der Waals surface area contributed by atoms with Gasteiger partial charge in [0.05, 0.1) is 18.0 Å². The molecule has 0 saturated heterocycles. The molecule has 1 heterocycles. The average Bonchev–Trinajstić information content (AvgIpc) is 2.30. The van der Waals surface area contributed by atoms with Gasteiger partial charge in [0.25, 0.3) is 0 Å². The van der Waals surface area contributed by atoms with Gasteiger partial charge in [0.1, 0.15) is 0 Å². The lowest BCUT2D eigenvalue weighted by molar-refractivity contribution is 0.277. The van der Waals surface area contributed by atoms with E-state index in [0.717, 1.165) is 17.8 Å². The van der Waals surface area contributed by atoms with Crippen molar-refractivity contribution in [3.8, 4) is 0 Å². The van der Waals surface area contributed by atoms with E-state index >= 15 is 0 Å². The van der Waals surface area contributed by atoms with Gasteiger partial charge < -0.3 is 5.11 Å². The highest BCUT2D eigenvalue weighted by atomic mass is 16.3. The van der Waals surface area contributed by atoms with Gasteiger partial charge in [-0.05, 0) is 43.4 Å². The maximum absolute atomic E-state index is 8.98. The normalized spacial score (nSPS) is 16.5. The minimum Gasteiger partial charge on any atom is -0.390 e. The lowest BCUT2D eigenvalue weighted by Gasteiger charge is -2.12. The Morgan fingerprint density at radius 1 is 1.29 bits per heavy atom. The van der Waals surface area contributed by atoms with E-state index in [2.05, 4.69) is 11.1 Å². The molecule has 0 bridgehead atoms. The van der Waals surface area contributed by atoms with Crippen LogP contribution in [0.2, 0.25) is 0 Å². The zero-order chi connectivity index (χ0) is 9.80. The van der Waals surface area contributed by atoms with Gasteiger partial charge in [-0.15, -0.1) is 0 Å². The van der Waals surface area contributed by atoms with Gasteiger partial charge in [-0.1, -0.05) is 12.1 Å². The van der Waals surface area contributed by atoms with Crippen molar-refractivity contribution in [1.29, 1.82) is 0 Å². The molecule has 0 atom stereocenters. The van der Waals surface area contributed by atoms with Crippen LogP contribution in [0.15, 0.2) is 24.3 Å². The molecule has 74 valence electrons. The molecule has 0 fully saturated rings. The maximum atomic E-state index is 8.98. The van der Waals surface area contributed by atoms with E-state index in [9.17, 15) is 0 Å². The second kappa shape index (κ2) is 4.38. The van der Waals surface area contributed by atoms with Gasteiger partial charge >= 0.3 is 0 Å². The SMILES string of the molecule is OCc1cccc(C2=CCCCC2)n1. The summed E-state index contributed by atoms with van der Waals surface area (Å²) >= 11 is 0. The standard InChI is InChI=1S/C12H15NO/c14-9-11-7-4-8-12(13-11)10-5-2-1-3-6-10/h4-5,7-8,14H,1-3,6,9H2. The highest BCUT2D eigenvalue weighted by molar-refractivity contribution is 5.63. The summed E-state index contributed by atoms with van der Waals surface area (Å²) in [6.45, 7) is 0.0289. The Balaban J connectivity index is 2.26. The second-order valence-corrected chi connectivity index (χ2v) is 3.65. The second-order valence-electron chi connectivity index (χ2n) is 3.65. The topological polar surface area (TPSA) is 33.1 Å². The number of aliphatic hydroxyl groups excluding tert-OH is 1. The molecule has 2 rings (SSSR count). The third kappa shape index (κ3) is 2.02. The van der Waals surface area contributed by atoms with Crippen LogP contribution in [0.3, 0.4) is 0 Å². The van der Waals surface area contributed by atoms with Crippen molar-refractivity contribution in [3.63, 3.8) is 0 Å². The van der Waals surface area contributed by atoms with Crippen LogP contribution in [0.25, 0.3) is 5.57 Å². The van der Waals surface area contributed by atoms with E-state index in [0.29, 0.717) is 0 Å². The number of aliphatic hydroxyl groups is 1. The summed E-state index contributed by atoms with van der Waals surface area (Å²) in [6.07, 6.45) is 7.12. The van der Waals surface area contributed by atoms with E-state index in [1.54, 1.807) is 0 Å². The van der Waals surface area contributed by atoms with E-state index in [-0.39, 0.29) is 6.61 Å². The molecule has 0 aliphatic heterocycles. The zero-order valence-corrected chi connectivity index (χ0v) is 8.24. The van der Waals surface area contributed by atoms with E-state index < -0.39 is 0 Å². The van der Waals surface area contributed by atoms with Crippen molar-refractivity contribution in [3.05, 3.63) is 35.7 Å². The first-order chi connectivity index (χ1) is 6.90. The van der Waals surface area contributed by atoms with Crippen molar-refractivity contribution in [2.45, 2.75) is 32.3 Å². The largest absolute Gasteiger partial charge is 0.390 e. The Hall–Kier alpha value is -1.15. The summed E-state index contributed by atoms with van der Waals surface area (Å²) in [4.78, 5) is 4.40. The first kappa shape index (κ1) is 9.41. The van der Waals surface area contributed by atoms with E-state index in [4.69, 9.17) is 5.11 Å². The Kier molecular flexibility index (Phi) is 2.94. The molecular weight excluding hydrogens is 174 g/mol. The predicted octanol–water partition coefficient (Wildman–Crippen LogP) is 2.53. The molecule has 1 aromatic rings. The van der Waals surface area contributed by atoms with Gasteiger partial charge in [0, 0.05) is 0 Å². The smallest absolute Gasteiger partial charge is 0.0853 e. The van der Waals surface area contributed by atoms with Gasteiger partial charge in [0.15, 0.2) is 0 Å². The number of hydrogen-bond donors (Lipinski definition) is 1. The summed E-state index contributed by atoms with van der Waals surface area (Å²) in [5.41, 5.74) is 3.14. The minimum absolute atomic E-state index is 0.0289. The molecule has 0 amide bonds. The van der Waals surface area contributed by atoms with E-state index in [1.807, 2.05) is 18.2 Å². The third-order valence-corrected chi connectivity index (χ3v) is 2.59. The first-order valence-corrected chi connectivity index (χ1v) is 5.16. The van der Waals surface area contributed by atoms with Gasteiger partial charge in [-0.2, -0.15) is 0 Å². The van der Waals surface area contributed by atoms with Crippen LogP contribution in [0.1, 0.15) is 37.1 Å². The maximum Gasteiger partial charge on any atom is 0.0853 e. The Morgan fingerprint density at radius 3 is 2.93 bits per heavy atom. The van der Waals surface area contributed by atoms with Crippen LogP contribution < -0.4 is 0 Å². The summed E-state index contributed by atoms with van der Waals surface area (Å²) in [5.74, 6) is 0. The number of nitrogens with zero attached hydrogens (tertiary/aromatic N) is 1. The monoisotopic (exact) mass is 189 g/mol. The lowest BCUT2D eigenvalue weighted by Crippen LogP contribution is -1.97. The van der Waals surface area contributed by atoms with Gasteiger partial charge in [-0.3, -0.25) is 4.98 Å². The molecule has 1 aliphatic carbocycles. The molecule has 2 nitrogen and oxygen atoms in total. The van der Waals surface area contributed by atoms with Crippen LogP contribution in [0.5, 0.6) is 0 Å². The van der Waals surface area contributed by atoms with Crippen LogP contribution in [0.4, 0.5) is 0 Å². The molecule has 14 heavy (non-hydrogen) atoms. The molecule has 2 heteroatoms.